The summed E-state index contributed by atoms with van der Waals surface area (Å²) in [5.41, 5.74) is 0.828. The molecule has 0 saturated heterocycles. The molecule has 2 rings (SSSR count). The van der Waals surface area contributed by atoms with E-state index >= 15 is 0 Å². The molecule has 2 aromatic rings. The second kappa shape index (κ2) is 20.8. The molecule has 0 fully saturated rings. The first-order valence-electron chi connectivity index (χ1n) is 14.9. The molecule has 0 aliphatic carbocycles. The van der Waals surface area contributed by atoms with Gasteiger partial charge in [-0.15, -0.1) is 0 Å². The molecule has 0 unspecified atom stereocenters. The van der Waals surface area contributed by atoms with E-state index < -0.39 is 6.17 Å². The molecule has 1 atom stereocenters. The van der Waals surface area contributed by atoms with Crippen molar-refractivity contribution >= 4 is 17.3 Å². The minimum atomic E-state index is -0.933. The smallest absolute Gasteiger partial charge is 0.198 e. The van der Waals surface area contributed by atoms with E-state index in [0.717, 1.165) is 37.2 Å². The number of halogens is 1. The fourth-order valence-corrected chi connectivity index (χ4v) is 4.53. The minimum absolute atomic E-state index is 0.0844. The molecule has 5 heteroatoms. The number of ether oxygens (including phenoxy) is 3. The third-order valence-corrected chi connectivity index (χ3v) is 7.01. The van der Waals surface area contributed by atoms with Gasteiger partial charge in [0.2, 0.25) is 0 Å². The fraction of sp³-hybridized carbons (Fsp3) is 0.606. The largest absolute Gasteiger partial charge is 0.494 e. The van der Waals surface area contributed by atoms with Gasteiger partial charge in [-0.25, -0.2) is 4.39 Å². The zero-order chi connectivity index (χ0) is 27.3. The van der Waals surface area contributed by atoms with E-state index in [1.54, 1.807) is 24.3 Å². The normalized spacial score (nSPS) is 11.8. The van der Waals surface area contributed by atoms with Gasteiger partial charge in [0.05, 0.1) is 6.61 Å². The summed E-state index contributed by atoms with van der Waals surface area (Å²) in [5.74, 6) is 2.11. The highest BCUT2D eigenvalue weighted by molar-refractivity contribution is 7.80. The van der Waals surface area contributed by atoms with E-state index in [-0.39, 0.29) is 6.61 Å². The summed E-state index contributed by atoms with van der Waals surface area (Å²) >= 11 is 5.47. The number of hydrogen-bond donors (Lipinski definition) is 0. The van der Waals surface area contributed by atoms with E-state index in [1.165, 1.54) is 70.6 Å². The SMILES string of the molecule is CCCCCCCCCCOc1ccc(C(=S)Oc2ccc(OC[C@@H](F)CCCCCCCC)cc2)cc1. The third kappa shape index (κ3) is 14.7. The Hall–Kier alpha value is -2.14. The molecule has 0 spiro atoms. The maximum atomic E-state index is 14.1. The van der Waals surface area contributed by atoms with Gasteiger partial charge in [0, 0.05) is 5.56 Å². The summed E-state index contributed by atoms with van der Waals surface area (Å²) < 4.78 is 31.4. The summed E-state index contributed by atoms with van der Waals surface area (Å²) in [6, 6.07) is 14.9. The summed E-state index contributed by atoms with van der Waals surface area (Å²) in [6.07, 6.45) is 16.9. The van der Waals surface area contributed by atoms with Gasteiger partial charge < -0.3 is 14.2 Å². The van der Waals surface area contributed by atoms with E-state index in [0.29, 0.717) is 23.0 Å². The van der Waals surface area contributed by atoms with E-state index in [4.69, 9.17) is 26.4 Å². The highest BCUT2D eigenvalue weighted by atomic mass is 32.1. The number of unbranched alkanes of at least 4 members (excludes halogenated alkanes) is 12. The highest BCUT2D eigenvalue weighted by Crippen LogP contribution is 2.21. The van der Waals surface area contributed by atoms with Crippen LogP contribution in [0.25, 0.3) is 0 Å². The van der Waals surface area contributed by atoms with Crippen molar-refractivity contribution in [3.63, 3.8) is 0 Å². The van der Waals surface area contributed by atoms with Gasteiger partial charge in [0.25, 0.3) is 0 Å². The lowest BCUT2D eigenvalue weighted by atomic mass is 10.1. The van der Waals surface area contributed by atoms with Crippen molar-refractivity contribution in [2.75, 3.05) is 13.2 Å². The summed E-state index contributed by atoms with van der Waals surface area (Å²) in [5, 5.41) is 0.399. The van der Waals surface area contributed by atoms with Crippen molar-refractivity contribution in [1.29, 1.82) is 0 Å². The predicted molar refractivity (Wildman–Crippen MR) is 162 cm³/mol. The van der Waals surface area contributed by atoms with Crippen LogP contribution in [0.5, 0.6) is 17.2 Å². The van der Waals surface area contributed by atoms with Crippen LogP contribution in [0.15, 0.2) is 48.5 Å². The molecule has 0 heterocycles. The van der Waals surface area contributed by atoms with Crippen LogP contribution in [0.4, 0.5) is 4.39 Å². The number of alkyl halides is 1. The minimum Gasteiger partial charge on any atom is -0.494 e. The lowest BCUT2D eigenvalue weighted by molar-refractivity contribution is 0.183. The molecule has 0 amide bonds. The van der Waals surface area contributed by atoms with Crippen LogP contribution in [0.1, 0.15) is 116 Å². The van der Waals surface area contributed by atoms with Crippen molar-refractivity contribution in [3.05, 3.63) is 54.1 Å². The predicted octanol–water partition coefficient (Wildman–Crippen LogP) is 10.4. The van der Waals surface area contributed by atoms with Gasteiger partial charge in [-0.3, -0.25) is 0 Å². The molecule has 0 aromatic heterocycles. The van der Waals surface area contributed by atoms with E-state index in [2.05, 4.69) is 13.8 Å². The first kappa shape index (κ1) is 32.1. The van der Waals surface area contributed by atoms with Crippen LogP contribution in [0.2, 0.25) is 0 Å². The molecule has 0 aliphatic heterocycles. The highest BCUT2D eigenvalue weighted by Gasteiger charge is 2.09. The van der Waals surface area contributed by atoms with Crippen molar-refractivity contribution < 1.29 is 18.6 Å². The maximum absolute atomic E-state index is 14.1. The molecular formula is C33H49FO3S. The van der Waals surface area contributed by atoms with Gasteiger partial charge in [-0.05, 0) is 73.6 Å². The Morgan fingerprint density at radius 2 is 1.11 bits per heavy atom. The van der Waals surface area contributed by atoms with Crippen LogP contribution < -0.4 is 14.2 Å². The van der Waals surface area contributed by atoms with Crippen molar-refractivity contribution in [3.8, 4) is 17.2 Å². The summed E-state index contributed by atoms with van der Waals surface area (Å²) in [4.78, 5) is 0. The zero-order valence-electron chi connectivity index (χ0n) is 23.7. The Morgan fingerprint density at radius 3 is 1.71 bits per heavy atom. The summed E-state index contributed by atoms with van der Waals surface area (Å²) in [6.45, 7) is 5.28. The molecule has 212 valence electrons. The number of benzene rings is 2. The monoisotopic (exact) mass is 544 g/mol. The van der Waals surface area contributed by atoms with Crippen LogP contribution in [0.3, 0.4) is 0 Å². The quantitative estimate of drug-likeness (QED) is 0.109. The lowest BCUT2D eigenvalue weighted by Crippen LogP contribution is -2.12. The lowest BCUT2D eigenvalue weighted by Gasteiger charge is -2.12. The zero-order valence-corrected chi connectivity index (χ0v) is 24.5. The molecular weight excluding hydrogens is 495 g/mol. The number of hydrogen-bond acceptors (Lipinski definition) is 4. The molecule has 0 N–H and O–H groups in total. The molecule has 0 aliphatic rings. The first-order chi connectivity index (χ1) is 18.6. The molecule has 0 saturated carbocycles. The second-order valence-electron chi connectivity index (χ2n) is 10.2. The van der Waals surface area contributed by atoms with Gasteiger partial charge in [-0.2, -0.15) is 0 Å². The van der Waals surface area contributed by atoms with Crippen LogP contribution in [-0.4, -0.2) is 24.4 Å². The van der Waals surface area contributed by atoms with Gasteiger partial charge >= 0.3 is 0 Å². The second-order valence-corrected chi connectivity index (χ2v) is 10.5. The van der Waals surface area contributed by atoms with Crippen LogP contribution >= 0.6 is 12.2 Å². The van der Waals surface area contributed by atoms with Gasteiger partial charge in [0.15, 0.2) is 5.05 Å². The number of thiocarbonyl (C=S) groups is 1. The van der Waals surface area contributed by atoms with Crippen molar-refractivity contribution in [1.82, 2.24) is 0 Å². The van der Waals surface area contributed by atoms with Crippen LogP contribution in [-0.2, 0) is 0 Å². The topological polar surface area (TPSA) is 27.7 Å². The maximum Gasteiger partial charge on any atom is 0.198 e. The van der Waals surface area contributed by atoms with Crippen molar-refractivity contribution in [2.24, 2.45) is 0 Å². The third-order valence-electron chi connectivity index (χ3n) is 6.69. The Kier molecular flexibility index (Phi) is 17.5. The average molecular weight is 545 g/mol. The first-order valence-corrected chi connectivity index (χ1v) is 15.3. The molecule has 0 bridgehead atoms. The Morgan fingerprint density at radius 1 is 0.632 bits per heavy atom. The van der Waals surface area contributed by atoms with Crippen molar-refractivity contribution in [2.45, 2.75) is 116 Å². The fourth-order valence-electron chi connectivity index (χ4n) is 4.30. The average Bonchev–Trinajstić information content (AvgIpc) is 2.94. The van der Waals surface area contributed by atoms with E-state index in [9.17, 15) is 4.39 Å². The molecule has 2 aromatic carbocycles. The number of rotatable bonds is 22. The van der Waals surface area contributed by atoms with E-state index in [1.807, 2.05) is 24.3 Å². The van der Waals surface area contributed by atoms with Crippen LogP contribution in [0, 0.1) is 0 Å². The Bertz CT molecular complexity index is 854. The molecule has 0 radical (unpaired) electrons. The standard InChI is InChI=1S/C33H49FO3S/c1-3-5-7-9-11-12-14-16-26-35-30-20-18-28(19-21-30)33(38)37-32-24-22-31(23-25-32)36-27-29(34)17-15-13-10-8-6-4-2/h18-25,29H,3-17,26-27H2,1-2H3/t29-/m0/s1. The Balaban J connectivity index is 1.61. The van der Waals surface area contributed by atoms with Gasteiger partial charge in [-0.1, -0.05) is 97.3 Å². The van der Waals surface area contributed by atoms with Gasteiger partial charge in [0.1, 0.15) is 30.0 Å². The molecule has 38 heavy (non-hydrogen) atoms. The molecule has 3 nitrogen and oxygen atoms in total. The summed E-state index contributed by atoms with van der Waals surface area (Å²) in [7, 11) is 0. The Labute approximate surface area is 236 Å².